The fourth-order valence-electron chi connectivity index (χ4n) is 1.87. The number of rotatable bonds is 3. The summed E-state index contributed by atoms with van der Waals surface area (Å²) < 4.78 is 0. The number of halogens is 1. The van der Waals surface area contributed by atoms with E-state index in [0.29, 0.717) is 0 Å². The molecule has 0 aliphatic carbocycles. The van der Waals surface area contributed by atoms with E-state index in [1.54, 1.807) is 4.90 Å². The molecule has 1 heterocycles. The summed E-state index contributed by atoms with van der Waals surface area (Å²) in [6, 6.07) is 0.465. The molecule has 1 rings (SSSR count). The first-order valence-corrected chi connectivity index (χ1v) is 5.69. The predicted octanol–water partition coefficient (Wildman–Crippen LogP) is 0.696. The van der Waals surface area contributed by atoms with Crippen LogP contribution in [0.1, 0.15) is 27.2 Å². The minimum absolute atomic E-state index is 0. The van der Waals surface area contributed by atoms with Crippen molar-refractivity contribution in [2.24, 2.45) is 5.73 Å². The molecule has 0 bridgehead atoms. The third-order valence-electron chi connectivity index (χ3n) is 3.28. The van der Waals surface area contributed by atoms with Crippen LogP contribution in [0.4, 0.5) is 0 Å². The number of carbonyl (C=O) groups excluding carboxylic acids is 1. The fourth-order valence-corrected chi connectivity index (χ4v) is 1.87. The summed E-state index contributed by atoms with van der Waals surface area (Å²) >= 11 is 0. The molecule has 0 spiro atoms. The predicted molar refractivity (Wildman–Crippen MR) is 68.8 cm³/mol. The normalized spacial score (nSPS) is 23.0. The van der Waals surface area contributed by atoms with Crippen molar-refractivity contribution in [2.45, 2.75) is 45.3 Å². The Labute approximate surface area is 105 Å². The number of nitrogens with two attached hydrogens (primary N) is 1. The molecule has 0 aromatic carbocycles. The van der Waals surface area contributed by atoms with Gasteiger partial charge in [-0.05, 0) is 27.2 Å². The van der Waals surface area contributed by atoms with Gasteiger partial charge in [0.2, 0.25) is 5.91 Å². The Morgan fingerprint density at radius 1 is 1.44 bits per heavy atom. The molecule has 1 fully saturated rings. The molecule has 0 radical (unpaired) electrons. The largest absolute Gasteiger partial charge is 0.342 e. The number of carbonyl (C=O) groups is 1. The monoisotopic (exact) mass is 249 g/mol. The second-order valence-electron chi connectivity index (χ2n) is 4.76. The van der Waals surface area contributed by atoms with Gasteiger partial charge in [0.05, 0.1) is 6.04 Å². The van der Waals surface area contributed by atoms with Crippen LogP contribution in [0, 0.1) is 0 Å². The van der Waals surface area contributed by atoms with Crippen molar-refractivity contribution in [2.75, 3.05) is 20.1 Å². The lowest BCUT2D eigenvalue weighted by Crippen LogP contribution is -2.47. The molecule has 2 atom stereocenters. The van der Waals surface area contributed by atoms with E-state index in [4.69, 9.17) is 5.73 Å². The molecule has 1 saturated heterocycles. The van der Waals surface area contributed by atoms with Gasteiger partial charge < -0.3 is 10.6 Å². The summed E-state index contributed by atoms with van der Waals surface area (Å²) in [5.41, 5.74) is 5.83. The zero-order valence-electron chi connectivity index (χ0n) is 10.6. The van der Waals surface area contributed by atoms with Gasteiger partial charge in [0.25, 0.3) is 0 Å². The van der Waals surface area contributed by atoms with Crippen molar-refractivity contribution in [3.05, 3.63) is 0 Å². The number of hydrogen-bond acceptors (Lipinski definition) is 3. The number of amides is 1. The van der Waals surface area contributed by atoms with E-state index in [9.17, 15) is 4.79 Å². The molecule has 5 heteroatoms. The van der Waals surface area contributed by atoms with E-state index in [1.165, 1.54) is 0 Å². The molecule has 0 aromatic heterocycles. The quantitative estimate of drug-likeness (QED) is 0.801. The van der Waals surface area contributed by atoms with Crippen LogP contribution >= 0.6 is 12.4 Å². The van der Waals surface area contributed by atoms with Gasteiger partial charge in [0.15, 0.2) is 0 Å². The van der Waals surface area contributed by atoms with Gasteiger partial charge in [0.1, 0.15) is 0 Å². The maximum absolute atomic E-state index is 12.0. The molecule has 2 N–H and O–H groups in total. The third kappa shape index (κ3) is 3.61. The Morgan fingerprint density at radius 2 is 2.00 bits per heavy atom. The first-order valence-electron chi connectivity index (χ1n) is 5.69. The summed E-state index contributed by atoms with van der Waals surface area (Å²) in [6.07, 6.45) is 1.00. The SMILES string of the molecule is CC(C(=O)N(C)C(C)C)N1CC[C@H](N)C1.Cl. The third-order valence-corrected chi connectivity index (χ3v) is 3.28. The van der Waals surface area contributed by atoms with E-state index < -0.39 is 0 Å². The lowest BCUT2D eigenvalue weighted by atomic mass is 10.2. The summed E-state index contributed by atoms with van der Waals surface area (Å²) in [7, 11) is 1.86. The van der Waals surface area contributed by atoms with Gasteiger partial charge in [-0.2, -0.15) is 0 Å². The minimum Gasteiger partial charge on any atom is -0.342 e. The van der Waals surface area contributed by atoms with Crippen molar-refractivity contribution in [1.82, 2.24) is 9.80 Å². The van der Waals surface area contributed by atoms with Crippen molar-refractivity contribution in [3.63, 3.8) is 0 Å². The highest BCUT2D eigenvalue weighted by Gasteiger charge is 2.29. The minimum atomic E-state index is -0.0362. The number of nitrogens with zero attached hydrogens (tertiary/aromatic N) is 2. The Hall–Kier alpha value is -0.320. The molecule has 0 saturated carbocycles. The first kappa shape index (κ1) is 15.7. The van der Waals surface area contributed by atoms with Crippen LogP contribution in [0.2, 0.25) is 0 Å². The standard InChI is InChI=1S/C11H23N3O.ClH/c1-8(2)13(4)11(15)9(3)14-6-5-10(12)7-14;/h8-10H,5-7,12H2,1-4H3;1H/t9?,10-;/m0./s1. The Kier molecular flexibility index (Phi) is 6.30. The molecule has 16 heavy (non-hydrogen) atoms. The lowest BCUT2D eigenvalue weighted by Gasteiger charge is -2.30. The van der Waals surface area contributed by atoms with E-state index in [-0.39, 0.29) is 36.4 Å². The van der Waals surface area contributed by atoms with Crippen LogP contribution in [-0.2, 0) is 4.79 Å². The van der Waals surface area contributed by atoms with Crippen LogP contribution in [-0.4, -0.2) is 54.0 Å². The van der Waals surface area contributed by atoms with Gasteiger partial charge in [-0.25, -0.2) is 0 Å². The van der Waals surface area contributed by atoms with Crippen molar-refractivity contribution in [3.8, 4) is 0 Å². The van der Waals surface area contributed by atoms with Crippen LogP contribution in [0.15, 0.2) is 0 Å². The summed E-state index contributed by atoms with van der Waals surface area (Å²) in [5.74, 6) is 0.194. The second kappa shape index (κ2) is 6.42. The van der Waals surface area contributed by atoms with E-state index >= 15 is 0 Å². The van der Waals surface area contributed by atoms with Gasteiger partial charge in [-0.15, -0.1) is 12.4 Å². The highest BCUT2D eigenvalue weighted by Crippen LogP contribution is 2.13. The zero-order valence-corrected chi connectivity index (χ0v) is 11.5. The van der Waals surface area contributed by atoms with Crippen LogP contribution in [0.3, 0.4) is 0 Å². The topological polar surface area (TPSA) is 49.6 Å². The average molecular weight is 250 g/mol. The van der Waals surface area contributed by atoms with Crippen molar-refractivity contribution >= 4 is 18.3 Å². The molecule has 1 amide bonds. The second-order valence-corrected chi connectivity index (χ2v) is 4.76. The van der Waals surface area contributed by atoms with Gasteiger partial charge in [0, 0.05) is 32.2 Å². The highest BCUT2D eigenvalue weighted by molar-refractivity contribution is 5.85. The summed E-state index contributed by atoms with van der Waals surface area (Å²) in [5, 5.41) is 0. The molecular weight excluding hydrogens is 226 g/mol. The van der Waals surface area contributed by atoms with Gasteiger partial charge in [-0.1, -0.05) is 0 Å². The smallest absolute Gasteiger partial charge is 0.239 e. The van der Waals surface area contributed by atoms with Gasteiger partial charge in [-0.3, -0.25) is 9.69 Å². The Bertz CT molecular complexity index is 235. The van der Waals surface area contributed by atoms with Crippen molar-refractivity contribution in [1.29, 1.82) is 0 Å². The van der Waals surface area contributed by atoms with Crippen LogP contribution in [0.5, 0.6) is 0 Å². The Morgan fingerprint density at radius 3 is 2.38 bits per heavy atom. The number of likely N-dealkylation sites (N-methyl/N-ethyl adjacent to an activating group) is 1. The highest BCUT2D eigenvalue weighted by atomic mass is 35.5. The molecule has 96 valence electrons. The van der Waals surface area contributed by atoms with E-state index in [0.717, 1.165) is 19.5 Å². The maximum atomic E-state index is 12.0. The average Bonchev–Trinajstić information content (AvgIpc) is 2.61. The molecule has 1 unspecified atom stereocenters. The molecule has 0 aromatic rings. The fraction of sp³-hybridized carbons (Fsp3) is 0.909. The lowest BCUT2D eigenvalue weighted by molar-refractivity contribution is -0.136. The molecular formula is C11H24ClN3O. The molecule has 1 aliphatic heterocycles. The Balaban J connectivity index is 0.00000225. The van der Waals surface area contributed by atoms with Crippen LogP contribution in [0.25, 0.3) is 0 Å². The van der Waals surface area contributed by atoms with Crippen LogP contribution < -0.4 is 5.73 Å². The number of likely N-dealkylation sites (tertiary alicyclic amines) is 1. The van der Waals surface area contributed by atoms with E-state index in [2.05, 4.69) is 4.90 Å². The molecule has 1 aliphatic rings. The van der Waals surface area contributed by atoms with E-state index in [1.807, 2.05) is 27.8 Å². The maximum Gasteiger partial charge on any atom is 0.239 e. The molecule has 4 nitrogen and oxygen atoms in total. The van der Waals surface area contributed by atoms with Crippen molar-refractivity contribution < 1.29 is 4.79 Å². The first-order chi connectivity index (χ1) is 6.93. The summed E-state index contributed by atoms with van der Waals surface area (Å²) in [4.78, 5) is 16.0. The zero-order chi connectivity index (χ0) is 11.6. The van der Waals surface area contributed by atoms with Gasteiger partial charge >= 0.3 is 0 Å². The summed E-state index contributed by atoms with van der Waals surface area (Å²) in [6.45, 7) is 7.82. The number of hydrogen-bond donors (Lipinski definition) is 1.